The van der Waals surface area contributed by atoms with Crippen LogP contribution >= 0.6 is 22.9 Å². The normalized spacial score (nSPS) is 18.5. The molecule has 1 saturated carbocycles. The molecular weight excluding hydrogens is 534 g/mol. The number of anilines is 2. The molecule has 206 valence electrons. The number of nitrogens with one attached hydrogen (secondary N) is 1. The second kappa shape index (κ2) is 12.3. The quantitative estimate of drug-likeness (QED) is 0.345. The number of ether oxygens (including phenoxy) is 1. The highest BCUT2D eigenvalue weighted by molar-refractivity contribution is 7.10. The summed E-state index contributed by atoms with van der Waals surface area (Å²) in [4.78, 5) is 42.0. The first-order valence-electron chi connectivity index (χ1n) is 13.3. The van der Waals surface area contributed by atoms with E-state index in [-0.39, 0.29) is 28.3 Å². The van der Waals surface area contributed by atoms with Crippen molar-refractivity contribution in [2.45, 2.75) is 63.0 Å². The maximum absolute atomic E-state index is 14.2. The lowest BCUT2D eigenvalue weighted by Gasteiger charge is -2.31. The summed E-state index contributed by atoms with van der Waals surface area (Å²) >= 11 is 2.20. The zero-order valence-electron chi connectivity index (χ0n) is 21.6. The number of aromatic nitrogens is 1. The van der Waals surface area contributed by atoms with Gasteiger partial charge in [-0.1, -0.05) is 37.5 Å². The molecule has 1 aromatic carbocycles. The number of nitrogen functional groups attached to an aromatic ring is 1. The second-order valence-corrected chi connectivity index (χ2v) is 11.8. The third-order valence-electron chi connectivity index (χ3n) is 7.47. The van der Waals surface area contributed by atoms with E-state index in [9.17, 15) is 14.4 Å². The van der Waals surface area contributed by atoms with Crippen molar-refractivity contribution in [1.82, 2.24) is 9.69 Å². The molecule has 0 radical (unpaired) electrons. The van der Waals surface area contributed by atoms with Gasteiger partial charge < -0.3 is 21.5 Å². The molecule has 39 heavy (non-hydrogen) atoms. The van der Waals surface area contributed by atoms with Crippen LogP contribution in [0, 0.1) is 0 Å². The molecule has 5 N–H and O–H groups in total. The summed E-state index contributed by atoms with van der Waals surface area (Å²) < 4.78 is 9.71. The first-order valence-corrected chi connectivity index (χ1v) is 15.0. The van der Waals surface area contributed by atoms with Crippen molar-refractivity contribution < 1.29 is 19.1 Å². The number of nitrogens with two attached hydrogens (primary N) is 2. The first kappa shape index (κ1) is 27.3. The number of rotatable bonds is 9. The molecule has 0 unspecified atom stereocenters. The van der Waals surface area contributed by atoms with Crippen molar-refractivity contribution in [1.29, 1.82) is 0 Å². The summed E-state index contributed by atoms with van der Waals surface area (Å²) in [6.45, 7) is 1.04. The summed E-state index contributed by atoms with van der Waals surface area (Å²) in [5.74, 6) is -1.16. The number of hydrogen-bond acceptors (Lipinski definition) is 8. The number of benzene rings is 1. The number of thiophene rings is 1. The van der Waals surface area contributed by atoms with Crippen molar-refractivity contribution in [3.8, 4) is 0 Å². The van der Waals surface area contributed by atoms with Crippen LogP contribution in [-0.4, -0.2) is 41.4 Å². The lowest BCUT2D eigenvalue weighted by molar-refractivity contribution is -0.122. The van der Waals surface area contributed by atoms with Crippen molar-refractivity contribution >= 4 is 52.0 Å². The largest absolute Gasteiger partial charge is 0.395 e. The molecule has 3 aromatic rings. The second-order valence-electron chi connectivity index (χ2n) is 10.0. The lowest BCUT2D eigenvalue weighted by Crippen LogP contribution is -2.45. The molecule has 2 atom stereocenters. The predicted molar refractivity (Wildman–Crippen MR) is 153 cm³/mol. The summed E-state index contributed by atoms with van der Waals surface area (Å²) in [5, 5.41) is 4.87. The van der Waals surface area contributed by atoms with E-state index in [4.69, 9.17) is 16.2 Å². The third-order valence-corrected chi connectivity index (χ3v) is 9.25. The van der Waals surface area contributed by atoms with Gasteiger partial charge in [0.1, 0.15) is 4.88 Å². The van der Waals surface area contributed by atoms with Gasteiger partial charge in [0, 0.05) is 23.7 Å². The fourth-order valence-corrected chi connectivity index (χ4v) is 6.96. The number of carbonyl (C=O) groups is 3. The Morgan fingerprint density at radius 2 is 1.85 bits per heavy atom. The number of primary amides is 1. The summed E-state index contributed by atoms with van der Waals surface area (Å²) in [6.07, 6.45) is 7.79. The van der Waals surface area contributed by atoms with Gasteiger partial charge in [0.05, 0.1) is 11.8 Å². The molecule has 3 heterocycles. The molecule has 1 aliphatic heterocycles. The number of amides is 3. The van der Waals surface area contributed by atoms with Crippen LogP contribution in [0.4, 0.5) is 11.4 Å². The number of hydrogen-bond donors (Lipinski definition) is 3. The fraction of sp³-hybridized carbons (Fsp3) is 0.429. The smallest absolute Gasteiger partial charge is 0.273 e. The van der Waals surface area contributed by atoms with E-state index < -0.39 is 17.9 Å². The van der Waals surface area contributed by atoms with Gasteiger partial charge in [0.2, 0.25) is 5.91 Å². The van der Waals surface area contributed by atoms with Gasteiger partial charge in [-0.3, -0.25) is 19.3 Å². The number of carbonyl (C=O) groups excluding carboxylic acids is 3. The van der Waals surface area contributed by atoms with E-state index in [1.165, 1.54) is 41.1 Å². The standard InChI is InChI=1S/C28H33N5O4S2/c29-22-23(26(30)34)32-39-25(22)28(36)33(19-12-10-18(11-13-19)17-6-2-1-3-7-17)24(21-9-5-15-38-21)27(35)31-16-20-8-4-14-37-20/h5,9-13,15,17,20,24H,1-4,6-8,14,16,29H2,(H2,30,34)(H,31,35)/t20-,24+/m0/s1. The highest BCUT2D eigenvalue weighted by Crippen LogP contribution is 2.37. The third kappa shape index (κ3) is 6.00. The topological polar surface area (TPSA) is 141 Å². The lowest BCUT2D eigenvalue weighted by atomic mass is 9.84. The minimum Gasteiger partial charge on any atom is -0.395 e. The highest BCUT2D eigenvalue weighted by atomic mass is 32.1. The van der Waals surface area contributed by atoms with Crippen LogP contribution in [0.1, 0.15) is 87.5 Å². The average molecular weight is 568 g/mol. The SMILES string of the molecule is NC(=O)c1nsc(C(=O)N(c2ccc(C3CCCCC3)cc2)[C@@H](C(=O)NC[C@@H]2CCCO2)c2cccs2)c1N. The summed E-state index contributed by atoms with van der Waals surface area (Å²) in [6, 6.07) is 10.6. The number of nitrogens with zero attached hydrogens (tertiary/aromatic N) is 2. The van der Waals surface area contributed by atoms with E-state index >= 15 is 0 Å². The Kier molecular flexibility index (Phi) is 8.59. The maximum Gasteiger partial charge on any atom is 0.273 e. The first-order chi connectivity index (χ1) is 18.9. The van der Waals surface area contributed by atoms with Gasteiger partial charge in [-0.2, -0.15) is 4.37 Å². The van der Waals surface area contributed by atoms with Gasteiger partial charge in [-0.15, -0.1) is 11.3 Å². The van der Waals surface area contributed by atoms with Crippen molar-refractivity contribution in [2.24, 2.45) is 5.73 Å². The van der Waals surface area contributed by atoms with Gasteiger partial charge >= 0.3 is 0 Å². The Balaban J connectivity index is 1.53. The Morgan fingerprint density at radius 1 is 1.08 bits per heavy atom. The van der Waals surface area contributed by atoms with Crippen LogP contribution in [0.5, 0.6) is 0 Å². The Bertz CT molecular complexity index is 1300. The van der Waals surface area contributed by atoms with E-state index in [1.54, 1.807) is 0 Å². The van der Waals surface area contributed by atoms with Gasteiger partial charge in [-0.05, 0) is 72.3 Å². The van der Waals surface area contributed by atoms with Crippen molar-refractivity contribution in [2.75, 3.05) is 23.8 Å². The van der Waals surface area contributed by atoms with E-state index in [1.807, 2.05) is 41.8 Å². The summed E-state index contributed by atoms with van der Waals surface area (Å²) in [7, 11) is 0. The van der Waals surface area contributed by atoms with E-state index in [2.05, 4.69) is 9.69 Å². The Morgan fingerprint density at radius 3 is 2.46 bits per heavy atom. The summed E-state index contributed by atoms with van der Waals surface area (Å²) in [5.41, 5.74) is 13.1. The van der Waals surface area contributed by atoms with Crippen molar-refractivity contribution in [3.05, 3.63) is 62.8 Å². The molecule has 9 nitrogen and oxygen atoms in total. The van der Waals surface area contributed by atoms with Gasteiger partial charge in [-0.25, -0.2) is 0 Å². The molecule has 5 rings (SSSR count). The zero-order valence-corrected chi connectivity index (χ0v) is 23.3. The van der Waals surface area contributed by atoms with Crippen LogP contribution in [0.3, 0.4) is 0 Å². The highest BCUT2D eigenvalue weighted by Gasteiger charge is 2.37. The van der Waals surface area contributed by atoms with Crippen LogP contribution in [0.15, 0.2) is 41.8 Å². The van der Waals surface area contributed by atoms with Crippen molar-refractivity contribution in [3.63, 3.8) is 0 Å². The van der Waals surface area contributed by atoms with Crippen LogP contribution < -0.4 is 21.7 Å². The van der Waals surface area contributed by atoms with Crippen LogP contribution in [0.2, 0.25) is 0 Å². The average Bonchev–Trinajstić information content (AvgIpc) is 3.73. The zero-order chi connectivity index (χ0) is 27.4. The Hall–Kier alpha value is -3.28. The molecule has 11 heteroatoms. The fourth-order valence-electron chi connectivity index (χ4n) is 5.40. The molecule has 0 spiro atoms. The van der Waals surface area contributed by atoms with Gasteiger partial charge in [0.25, 0.3) is 11.8 Å². The van der Waals surface area contributed by atoms with Crippen LogP contribution in [0.25, 0.3) is 0 Å². The molecule has 2 fully saturated rings. The monoisotopic (exact) mass is 567 g/mol. The molecule has 3 amide bonds. The molecule has 1 saturated heterocycles. The molecular formula is C28H33N5O4S2. The molecule has 1 aliphatic carbocycles. The van der Waals surface area contributed by atoms with E-state index in [0.29, 0.717) is 29.6 Å². The predicted octanol–water partition coefficient (Wildman–Crippen LogP) is 4.62. The minimum absolute atomic E-state index is 0.0490. The maximum atomic E-state index is 14.2. The minimum atomic E-state index is -0.960. The molecule has 2 aliphatic rings. The molecule has 0 bridgehead atoms. The van der Waals surface area contributed by atoms with Crippen LogP contribution in [-0.2, 0) is 9.53 Å². The van der Waals surface area contributed by atoms with Gasteiger partial charge in [0.15, 0.2) is 11.7 Å². The Labute approximate surface area is 235 Å². The van der Waals surface area contributed by atoms with E-state index in [0.717, 1.165) is 37.2 Å². The molecule has 2 aromatic heterocycles.